The van der Waals surface area contributed by atoms with Crippen molar-refractivity contribution in [2.24, 2.45) is 0 Å². The number of nitrogens with zero attached hydrogens (tertiary/aromatic N) is 1. The molecule has 19 heavy (non-hydrogen) atoms. The highest BCUT2D eigenvalue weighted by atomic mass is 79.9. The van der Waals surface area contributed by atoms with E-state index in [-0.39, 0.29) is 5.56 Å². The summed E-state index contributed by atoms with van der Waals surface area (Å²) in [6.45, 7) is 0.937. The smallest absolute Gasteiger partial charge is 0.264 e. The first kappa shape index (κ1) is 13.7. The summed E-state index contributed by atoms with van der Waals surface area (Å²) in [5.74, 6) is 1.54. The Morgan fingerprint density at radius 3 is 2.53 bits per heavy atom. The van der Waals surface area contributed by atoms with E-state index in [0.29, 0.717) is 17.6 Å². The minimum Gasteiger partial charge on any atom is -0.497 e. The standard InChI is InChI=1S/C14H14BrNO3/c1-18-11-4-6-12(7-5-11)19-10-9-16-8-2-3-13(15)14(16)17/h2-8H,9-10H2,1H3. The SMILES string of the molecule is COc1ccc(OCCn2cccc(Br)c2=O)cc1. The van der Waals surface area contributed by atoms with Crippen LogP contribution in [0.3, 0.4) is 0 Å². The molecule has 100 valence electrons. The fourth-order valence-corrected chi connectivity index (χ4v) is 2.00. The molecule has 2 rings (SSSR count). The van der Waals surface area contributed by atoms with Crippen LogP contribution >= 0.6 is 15.9 Å². The molecular formula is C14H14BrNO3. The van der Waals surface area contributed by atoms with Gasteiger partial charge in [0, 0.05) is 6.20 Å². The van der Waals surface area contributed by atoms with E-state index in [1.807, 2.05) is 30.3 Å². The van der Waals surface area contributed by atoms with Crippen molar-refractivity contribution in [1.29, 1.82) is 0 Å². The van der Waals surface area contributed by atoms with E-state index in [4.69, 9.17) is 9.47 Å². The van der Waals surface area contributed by atoms with Crippen molar-refractivity contribution in [3.05, 3.63) is 57.4 Å². The third kappa shape index (κ3) is 3.61. The number of halogens is 1. The minimum absolute atomic E-state index is 0.0548. The predicted octanol–water partition coefficient (Wildman–Crippen LogP) is 2.70. The second-order valence-electron chi connectivity index (χ2n) is 3.88. The van der Waals surface area contributed by atoms with Gasteiger partial charge in [-0.05, 0) is 52.3 Å². The van der Waals surface area contributed by atoms with E-state index in [9.17, 15) is 4.79 Å². The summed E-state index contributed by atoms with van der Waals surface area (Å²) >= 11 is 3.21. The van der Waals surface area contributed by atoms with E-state index in [2.05, 4.69) is 15.9 Å². The first-order valence-corrected chi connectivity index (χ1v) is 6.62. The van der Waals surface area contributed by atoms with Crippen LogP contribution in [0.25, 0.3) is 0 Å². The number of methoxy groups -OCH3 is 1. The molecule has 0 N–H and O–H groups in total. The fourth-order valence-electron chi connectivity index (χ4n) is 1.62. The first-order chi connectivity index (χ1) is 9.20. The average molecular weight is 324 g/mol. The number of benzene rings is 1. The van der Waals surface area contributed by atoms with E-state index in [0.717, 1.165) is 11.5 Å². The van der Waals surface area contributed by atoms with Gasteiger partial charge in [0.15, 0.2) is 0 Å². The van der Waals surface area contributed by atoms with Crippen molar-refractivity contribution >= 4 is 15.9 Å². The van der Waals surface area contributed by atoms with Gasteiger partial charge >= 0.3 is 0 Å². The van der Waals surface area contributed by atoms with Crippen molar-refractivity contribution in [2.45, 2.75) is 6.54 Å². The highest BCUT2D eigenvalue weighted by Gasteiger charge is 2.00. The van der Waals surface area contributed by atoms with Gasteiger partial charge in [-0.15, -0.1) is 0 Å². The maximum Gasteiger partial charge on any atom is 0.264 e. The van der Waals surface area contributed by atoms with E-state index >= 15 is 0 Å². The zero-order valence-electron chi connectivity index (χ0n) is 10.5. The number of pyridine rings is 1. The second kappa shape index (κ2) is 6.43. The van der Waals surface area contributed by atoms with Crippen LogP contribution in [0.2, 0.25) is 0 Å². The summed E-state index contributed by atoms with van der Waals surface area (Å²) in [5, 5.41) is 0. The van der Waals surface area contributed by atoms with Crippen LogP contribution in [0.15, 0.2) is 51.9 Å². The third-order valence-electron chi connectivity index (χ3n) is 2.63. The lowest BCUT2D eigenvalue weighted by Crippen LogP contribution is -2.22. The molecule has 0 atom stereocenters. The molecule has 1 aromatic carbocycles. The van der Waals surface area contributed by atoms with Gasteiger partial charge in [-0.1, -0.05) is 0 Å². The monoisotopic (exact) mass is 323 g/mol. The van der Waals surface area contributed by atoms with Crippen LogP contribution in [0.4, 0.5) is 0 Å². The van der Waals surface area contributed by atoms with Crippen LogP contribution in [-0.4, -0.2) is 18.3 Å². The molecule has 4 nitrogen and oxygen atoms in total. The lowest BCUT2D eigenvalue weighted by molar-refractivity contribution is 0.295. The molecule has 0 saturated carbocycles. The maximum absolute atomic E-state index is 11.7. The van der Waals surface area contributed by atoms with E-state index < -0.39 is 0 Å². The molecule has 0 amide bonds. The highest BCUT2D eigenvalue weighted by Crippen LogP contribution is 2.16. The Morgan fingerprint density at radius 2 is 1.84 bits per heavy atom. The molecule has 0 aliphatic heterocycles. The quantitative estimate of drug-likeness (QED) is 0.849. The molecule has 0 spiro atoms. The van der Waals surface area contributed by atoms with Crippen LogP contribution in [0, 0.1) is 0 Å². The Hall–Kier alpha value is -1.75. The number of rotatable bonds is 5. The summed E-state index contributed by atoms with van der Waals surface area (Å²) in [7, 11) is 1.62. The minimum atomic E-state index is -0.0548. The molecule has 0 fully saturated rings. The Balaban J connectivity index is 1.92. The molecule has 1 heterocycles. The van der Waals surface area contributed by atoms with E-state index in [1.54, 1.807) is 23.9 Å². The van der Waals surface area contributed by atoms with Crippen LogP contribution < -0.4 is 15.0 Å². The van der Waals surface area contributed by atoms with Crippen molar-refractivity contribution < 1.29 is 9.47 Å². The lowest BCUT2D eigenvalue weighted by Gasteiger charge is -2.09. The zero-order valence-corrected chi connectivity index (χ0v) is 12.1. The molecule has 0 aliphatic rings. The number of ether oxygens (including phenoxy) is 2. The third-order valence-corrected chi connectivity index (χ3v) is 3.24. The van der Waals surface area contributed by atoms with Crippen molar-refractivity contribution in [3.63, 3.8) is 0 Å². The Labute approximate surface area is 119 Å². The summed E-state index contributed by atoms with van der Waals surface area (Å²) in [6.07, 6.45) is 1.74. The molecule has 0 saturated heterocycles. The van der Waals surface area contributed by atoms with Gasteiger partial charge in [0.25, 0.3) is 5.56 Å². The van der Waals surface area contributed by atoms with Gasteiger partial charge in [0.1, 0.15) is 18.1 Å². The van der Waals surface area contributed by atoms with Gasteiger partial charge in [0.05, 0.1) is 18.1 Å². The molecule has 0 unspecified atom stereocenters. The topological polar surface area (TPSA) is 40.5 Å². The molecule has 0 radical (unpaired) electrons. The van der Waals surface area contributed by atoms with E-state index in [1.165, 1.54) is 0 Å². The van der Waals surface area contributed by atoms with Gasteiger partial charge < -0.3 is 14.0 Å². The summed E-state index contributed by atoms with van der Waals surface area (Å²) in [4.78, 5) is 11.7. The first-order valence-electron chi connectivity index (χ1n) is 5.82. The largest absolute Gasteiger partial charge is 0.497 e. The molecular weight excluding hydrogens is 310 g/mol. The van der Waals surface area contributed by atoms with Gasteiger partial charge in [-0.3, -0.25) is 4.79 Å². The molecule has 5 heteroatoms. The summed E-state index contributed by atoms with van der Waals surface area (Å²) in [6, 6.07) is 10.9. The fraction of sp³-hybridized carbons (Fsp3) is 0.214. The number of hydrogen-bond acceptors (Lipinski definition) is 3. The summed E-state index contributed by atoms with van der Waals surface area (Å²) in [5.41, 5.74) is -0.0548. The average Bonchev–Trinajstić information content (AvgIpc) is 2.44. The highest BCUT2D eigenvalue weighted by molar-refractivity contribution is 9.10. The zero-order chi connectivity index (χ0) is 13.7. The van der Waals surface area contributed by atoms with Crippen LogP contribution in [-0.2, 0) is 6.54 Å². The van der Waals surface area contributed by atoms with Crippen LogP contribution in [0.5, 0.6) is 11.5 Å². The normalized spacial score (nSPS) is 10.2. The lowest BCUT2D eigenvalue weighted by atomic mass is 10.3. The molecule has 0 bridgehead atoms. The maximum atomic E-state index is 11.7. The Morgan fingerprint density at radius 1 is 1.16 bits per heavy atom. The predicted molar refractivity (Wildman–Crippen MR) is 76.9 cm³/mol. The molecule has 2 aromatic rings. The van der Waals surface area contributed by atoms with Crippen molar-refractivity contribution in [2.75, 3.05) is 13.7 Å². The van der Waals surface area contributed by atoms with Gasteiger partial charge in [-0.2, -0.15) is 0 Å². The molecule has 0 aliphatic carbocycles. The van der Waals surface area contributed by atoms with Gasteiger partial charge in [0.2, 0.25) is 0 Å². The second-order valence-corrected chi connectivity index (χ2v) is 4.73. The van der Waals surface area contributed by atoms with Crippen molar-refractivity contribution in [1.82, 2.24) is 4.57 Å². The van der Waals surface area contributed by atoms with Gasteiger partial charge in [-0.25, -0.2) is 0 Å². The molecule has 1 aromatic heterocycles. The van der Waals surface area contributed by atoms with Crippen LogP contribution in [0.1, 0.15) is 0 Å². The van der Waals surface area contributed by atoms with Crippen molar-refractivity contribution in [3.8, 4) is 11.5 Å². The summed E-state index contributed by atoms with van der Waals surface area (Å²) < 4.78 is 12.8. The number of hydrogen-bond donors (Lipinski definition) is 0. The number of aromatic nitrogens is 1. The Bertz CT molecular complexity index is 592. The Kier molecular flexibility index (Phi) is 4.63.